The third kappa shape index (κ3) is 1.93. The summed E-state index contributed by atoms with van der Waals surface area (Å²) in [7, 11) is 0. The fourth-order valence-electron chi connectivity index (χ4n) is 2.40. The Balaban J connectivity index is 2.55. The van der Waals surface area contributed by atoms with Crippen LogP contribution in [-0.2, 0) is 0 Å². The largest absolute Gasteiger partial charge is 0.477 e. The molecule has 0 radical (unpaired) electrons. The molecule has 108 valence electrons. The first kappa shape index (κ1) is 13.4. The van der Waals surface area contributed by atoms with Crippen LogP contribution in [-0.4, -0.2) is 21.9 Å². The van der Waals surface area contributed by atoms with E-state index in [2.05, 4.69) is 0 Å². The summed E-state index contributed by atoms with van der Waals surface area (Å²) >= 11 is 0. The molecule has 1 fully saturated rings. The number of benzene rings is 1. The minimum atomic E-state index is -1.45. The van der Waals surface area contributed by atoms with E-state index in [0.29, 0.717) is 18.9 Å². The molecule has 2 aromatic rings. The van der Waals surface area contributed by atoms with Crippen molar-refractivity contribution in [3.63, 3.8) is 0 Å². The first-order valence-corrected chi connectivity index (χ1v) is 6.21. The standard InChI is InChI=1S/C14H9F2NO4/c15-10-3-7-12(9(5-18)11(10)16)17(6-1-2-6)4-8(13(7)19)14(20)21/h3-6H,1-2H2,(H,20,21). The number of fused-ring (bicyclic) bond motifs is 1. The van der Waals surface area contributed by atoms with Gasteiger partial charge >= 0.3 is 5.97 Å². The fourth-order valence-corrected chi connectivity index (χ4v) is 2.40. The average Bonchev–Trinajstić information content (AvgIpc) is 3.26. The molecule has 21 heavy (non-hydrogen) atoms. The SMILES string of the molecule is O=Cc1c(F)c(F)cc2c(=O)c(C(=O)O)cn(C3CC3)c12. The molecule has 1 saturated carbocycles. The van der Waals surface area contributed by atoms with E-state index in [0.717, 1.165) is 6.20 Å². The topological polar surface area (TPSA) is 76.4 Å². The van der Waals surface area contributed by atoms with Crippen molar-refractivity contribution < 1.29 is 23.5 Å². The van der Waals surface area contributed by atoms with Crippen LogP contribution in [0.25, 0.3) is 10.9 Å². The molecule has 1 aromatic carbocycles. The highest BCUT2D eigenvalue weighted by Crippen LogP contribution is 2.38. The molecular weight excluding hydrogens is 284 g/mol. The monoisotopic (exact) mass is 293 g/mol. The van der Waals surface area contributed by atoms with Gasteiger partial charge in [-0.1, -0.05) is 0 Å². The van der Waals surface area contributed by atoms with Crippen molar-refractivity contribution in [1.29, 1.82) is 0 Å². The van der Waals surface area contributed by atoms with Crippen molar-refractivity contribution in [2.45, 2.75) is 18.9 Å². The first-order chi connectivity index (χ1) is 9.95. The molecule has 7 heteroatoms. The second kappa shape index (κ2) is 4.47. The van der Waals surface area contributed by atoms with E-state index in [1.807, 2.05) is 0 Å². The van der Waals surface area contributed by atoms with Gasteiger partial charge in [-0.3, -0.25) is 9.59 Å². The fraction of sp³-hybridized carbons (Fsp3) is 0.214. The zero-order valence-electron chi connectivity index (χ0n) is 10.6. The highest BCUT2D eigenvalue weighted by Gasteiger charge is 2.29. The maximum Gasteiger partial charge on any atom is 0.341 e. The molecule has 3 rings (SSSR count). The summed E-state index contributed by atoms with van der Waals surface area (Å²) in [5.41, 5.74) is -2.08. The summed E-state index contributed by atoms with van der Waals surface area (Å²) < 4.78 is 28.7. The van der Waals surface area contributed by atoms with Gasteiger partial charge in [-0.2, -0.15) is 0 Å². The Morgan fingerprint density at radius 2 is 2.05 bits per heavy atom. The van der Waals surface area contributed by atoms with Gasteiger partial charge in [0.15, 0.2) is 17.9 Å². The number of hydrogen-bond donors (Lipinski definition) is 1. The van der Waals surface area contributed by atoms with Gasteiger partial charge in [0.25, 0.3) is 0 Å². The molecule has 0 saturated heterocycles. The Bertz CT molecular complexity index is 852. The third-order valence-electron chi connectivity index (χ3n) is 3.53. The lowest BCUT2D eigenvalue weighted by atomic mass is 10.1. The molecule has 0 aliphatic heterocycles. The summed E-state index contributed by atoms with van der Waals surface area (Å²) in [5, 5.41) is 8.75. The Morgan fingerprint density at radius 1 is 1.38 bits per heavy atom. The molecule has 0 unspecified atom stereocenters. The summed E-state index contributed by atoms with van der Waals surface area (Å²) in [6, 6.07) is 0.528. The number of carboxylic acids is 1. The Hall–Kier alpha value is -2.57. The number of aldehydes is 1. The number of rotatable bonds is 3. The normalized spacial score (nSPS) is 14.4. The second-order valence-electron chi connectivity index (χ2n) is 4.92. The van der Waals surface area contributed by atoms with Gasteiger partial charge < -0.3 is 9.67 Å². The molecule has 1 N–H and O–H groups in total. The number of aromatic carboxylic acids is 1. The minimum Gasteiger partial charge on any atom is -0.477 e. The van der Waals surface area contributed by atoms with Crippen molar-refractivity contribution in [2.24, 2.45) is 0 Å². The molecule has 0 atom stereocenters. The Morgan fingerprint density at radius 3 is 2.57 bits per heavy atom. The van der Waals surface area contributed by atoms with Crippen LogP contribution in [0, 0.1) is 11.6 Å². The number of pyridine rings is 1. The van der Waals surface area contributed by atoms with Gasteiger partial charge in [-0.05, 0) is 18.9 Å². The summed E-state index contributed by atoms with van der Waals surface area (Å²) in [4.78, 5) is 34.3. The number of carbonyl (C=O) groups excluding carboxylic acids is 1. The molecule has 1 aliphatic carbocycles. The molecule has 1 heterocycles. The highest BCUT2D eigenvalue weighted by molar-refractivity contribution is 5.99. The van der Waals surface area contributed by atoms with Crippen molar-refractivity contribution in [3.8, 4) is 0 Å². The molecule has 1 aliphatic rings. The number of carboxylic acid groups (broad SMARTS) is 1. The van der Waals surface area contributed by atoms with Crippen LogP contribution in [0.1, 0.15) is 39.6 Å². The zero-order chi connectivity index (χ0) is 15.3. The Kier molecular flexibility index (Phi) is 2.86. The number of aromatic nitrogens is 1. The van der Waals surface area contributed by atoms with E-state index in [4.69, 9.17) is 5.11 Å². The van der Waals surface area contributed by atoms with Crippen LogP contribution in [0.5, 0.6) is 0 Å². The molecule has 0 spiro atoms. The van der Waals surface area contributed by atoms with E-state index >= 15 is 0 Å². The van der Waals surface area contributed by atoms with Crippen molar-refractivity contribution >= 4 is 23.2 Å². The maximum absolute atomic E-state index is 13.7. The maximum atomic E-state index is 13.7. The Labute approximate surface area is 116 Å². The van der Waals surface area contributed by atoms with Crippen LogP contribution >= 0.6 is 0 Å². The van der Waals surface area contributed by atoms with E-state index in [1.165, 1.54) is 4.57 Å². The number of nitrogens with zero attached hydrogens (tertiary/aromatic N) is 1. The molecule has 0 amide bonds. The van der Waals surface area contributed by atoms with Gasteiger partial charge in [0.05, 0.1) is 16.5 Å². The van der Waals surface area contributed by atoms with Crippen LogP contribution in [0.2, 0.25) is 0 Å². The van der Waals surface area contributed by atoms with E-state index in [9.17, 15) is 23.2 Å². The molecule has 1 aromatic heterocycles. The highest BCUT2D eigenvalue weighted by atomic mass is 19.2. The van der Waals surface area contributed by atoms with E-state index < -0.39 is 34.2 Å². The van der Waals surface area contributed by atoms with Gasteiger partial charge in [0, 0.05) is 12.2 Å². The predicted octanol–water partition coefficient (Wildman–Crippen LogP) is 2.13. The quantitative estimate of drug-likeness (QED) is 0.879. The third-order valence-corrected chi connectivity index (χ3v) is 3.53. The van der Waals surface area contributed by atoms with Gasteiger partial charge in [0.1, 0.15) is 5.56 Å². The lowest BCUT2D eigenvalue weighted by molar-refractivity contribution is 0.0694. The molecule has 0 bridgehead atoms. The number of halogens is 2. The summed E-state index contributed by atoms with van der Waals surface area (Å²) in [5.74, 6) is -4.14. The second-order valence-corrected chi connectivity index (χ2v) is 4.92. The van der Waals surface area contributed by atoms with Gasteiger partial charge in [-0.15, -0.1) is 0 Å². The van der Waals surface area contributed by atoms with Crippen molar-refractivity contribution in [1.82, 2.24) is 4.57 Å². The minimum absolute atomic E-state index is 0.0543. The van der Waals surface area contributed by atoms with Gasteiger partial charge in [-0.25, -0.2) is 13.6 Å². The van der Waals surface area contributed by atoms with Crippen molar-refractivity contribution in [2.75, 3.05) is 0 Å². The van der Waals surface area contributed by atoms with Crippen LogP contribution < -0.4 is 5.43 Å². The van der Waals surface area contributed by atoms with Crippen LogP contribution in [0.4, 0.5) is 8.78 Å². The van der Waals surface area contributed by atoms with Gasteiger partial charge in [0.2, 0.25) is 5.43 Å². The number of carbonyl (C=O) groups is 2. The van der Waals surface area contributed by atoms with E-state index in [1.54, 1.807) is 0 Å². The zero-order valence-corrected chi connectivity index (χ0v) is 10.6. The first-order valence-electron chi connectivity index (χ1n) is 6.21. The lowest BCUT2D eigenvalue weighted by Crippen LogP contribution is -2.20. The average molecular weight is 293 g/mol. The predicted molar refractivity (Wildman–Crippen MR) is 68.7 cm³/mol. The summed E-state index contributed by atoms with van der Waals surface area (Å²) in [6.07, 6.45) is 2.66. The van der Waals surface area contributed by atoms with Crippen molar-refractivity contribution in [3.05, 3.63) is 45.2 Å². The number of hydrogen-bond acceptors (Lipinski definition) is 3. The summed E-state index contributed by atoms with van der Waals surface area (Å²) in [6.45, 7) is 0. The molecular formula is C14H9F2NO4. The van der Waals surface area contributed by atoms with Crippen LogP contribution in [0.15, 0.2) is 17.1 Å². The lowest BCUT2D eigenvalue weighted by Gasteiger charge is -2.13. The van der Waals surface area contributed by atoms with Crippen LogP contribution in [0.3, 0.4) is 0 Å². The van der Waals surface area contributed by atoms with E-state index in [-0.39, 0.29) is 23.2 Å². The smallest absolute Gasteiger partial charge is 0.341 e. The molecule has 5 nitrogen and oxygen atoms in total.